The number of aliphatic hydroxyl groups excluding tert-OH is 1. The molecule has 3 aromatic rings. The summed E-state index contributed by atoms with van der Waals surface area (Å²) in [5.41, 5.74) is 1.26. The third kappa shape index (κ3) is 1.73. The molecule has 1 heterocycles. The van der Waals surface area contributed by atoms with Gasteiger partial charge >= 0.3 is 0 Å². The van der Waals surface area contributed by atoms with E-state index in [1.807, 2.05) is 18.2 Å². The van der Waals surface area contributed by atoms with Crippen LogP contribution in [0.1, 0.15) is 35.6 Å². The Bertz CT molecular complexity index is 1060. The number of hydrogen-bond acceptors (Lipinski definition) is 5. The van der Waals surface area contributed by atoms with E-state index in [1.54, 1.807) is 31.4 Å². The molecule has 3 aromatic carbocycles. The molecule has 1 aliphatic heterocycles. The van der Waals surface area contributed by atoms with Gasteiger partial charge in [-0.3, -0.25) is 0 Å². The zero-order valence-electron chi connectivity index (χ0n) is 14.2. The third-order valence-corrected chi connectivity index (χ3v) is 5.61. The highest BCUT2D eigenvalue weighted by atomic mass is 16.5. The van der Waals surface area contributed by atoms with Crippen molar-refractivity contribution in [1.29, 1.82) is 0 Å². The Balaban J connectivity index is 1.88. The number of fused-ring (bicyclic) bond motifs is 3. The van der Waals surface area contributed by atoms with Crippen molar-refractivity contribution in [3.8, 4) is 23.0 Å². The maximum absolute atomic E-state index is 10.6. The molecule has 0 saturated carbocycles. The summed E-state index contributed by atoms with van der Waals surface area (Å²) >= 11 is 0. The number of aromatic hydroxyl groups is 2. The fourth-order valence-corrected chi connectivity index (χ4v) is 4.52. The minimum Gasteiger partial charge on any atom is -0.507 e. The first kappa shape index (κ1) is 15.3. The van der Waals surface area contributed by atoms with Crippen LogP contribution in [0.3, 0.4) is 0 Å². The van der Waals surface area contributed by atoms with Gasteiger partial charge in [-0.15, -0.1) is 0 Å². The van der Waals surface area contributed by atoms with E-state index in [-0.39, 0.29) is 11.5 Å². The Morgan fingerprint density at radius 1 is 1.04 bits per heavy atom. The van der Waals surface area contributed by atoms with E-state index in [0.717, 1.165) is 10.9 Å². The molecule has 3 N–H and O–H groups in total. The molecule has 2 atom stereocenters. The molecule has 0 amide bonds. The first-order valence-electron chi connectivity index (χ1n) is 8.59. The molecule has 1 aliphatic carbocycles. The zero-order valence-corrected chi connectivity index (χ0v) is 14.2. The smallest absolute Gasteiger partial charge is 0.164 e. The topological polar surface area (TPSA) is 79.2 Å². The number of phenolic OH excluding ortho intramolecular Hbond substituents is 2. The van der Waals surface area contributed by atoms with Gasteiger partial charge in [0, 0.05) is 16.5 Å². The molecule has 26 heavy (non-hydrogen) atoms. The SMILES string of the molecule is COc1ccc2c3c(ccc(O)c13)O[C@@]21CC[C@@H](O)c2cccc(O)c21. The molecule has 0 unspecified atom stereocenters. The molecule has 2 aliphatic rings. The predicted molar refractivity (Wildman–Crippen MR) is 95.9 cm³/mol. The van der Waals surface area contributed by atoms with Gasteiger partial charge in [0.1, 0.15) is 23.0 Å². The van der Waals surface area contributed by atoms with E-state index in [4.69, 9.17) is 9.47 Å². The van der Waals surface area contributed by atoms with Crippen LogP contribution in [0.5, 0.6) is 23.0 Å². The lowest BCUT2D eigenvalue weighted by Crippen LogP contribution is -2.36. The number of phenols is 2. The van der Waals surface area contributed by atoms with Gasteiger partial charge in [0.05, 0.1) is 18.6 Å². The summed E-state index contributed by atoms with van der Waals surface area (Å²) in [7, 11) is 1.56. The predicted octanol–water partition coefficient (Wildman–Crippen LogP) is 3.72. The maximum atomic E-state index is 10.6. The van der Waals surface area contributed by atoms with Crippen LogP contribution in [0.25, 0.3) is 10.8 Å². The highest BCUT2D eigenvalue weighted by molar-refractivity contribution is 6.02. The Morgan fingerprint density at radius 2 is 1.88 bits per heavy atom. The molecule has 5 heteroatoms. The monoisotopic (exact) mass is 350 g/mol. The first-order valence-corrected chi connectivity index (χ1v) is 8.59. The Kier molecular flexibility index (Phi) is 2.98. The minimum atomic E-state index is -0.888. The molecule has 5 nitrogen and oxygen atoms in total. The van der Waals surface area contributed by atoms with Crippen molar-refractivity contribution < 1.29 is 24.8 Å². The van der Waals surface area contributed by atoms with Gasteiger partial charge in [-0.1, -0.05) is 18.2 Å². The Morgan fingerprint density at radius 3 is 2.69 bits per heavy atom. The number of ether oxygens (including phenoxy) is 2. The normalized spacial score (nSPS) is 23.1. The summed E-state index contributed by atoms with van der Waals surface area (Å²) in [6.07, 6.45) is 0.400. The van der Waals surface area contributed by atoms with Crippen molar-refractivity contribution in [3.05, 3.63) is 59.2 Å². The molecule has 132 valence electrons. The summed E-state index contributed by atoms with van der Waals surface area (Å²) in [6.45, 7) is 0. The van der Waals surface area contributed by atoms with Crippen molar-refractivity contribution in [2.24, 2.45) is 0 Å². The van der Waals surface area contributed by atoms with Crippen LogP contribution in [-0.4, -0.2) is 22.4 Å². The van der Waals surface area contributed by atoms with Crippen molar-refractivity contribution in [1.82, 2.24) is 0 Å². The fourth-order valence-electron chi connectivity index (χ4n) is 4.52. The van der Waals surface area contributed by atoms with Crippen molar-refractivity contribution in [2.45, 2.75) is 24.5 Å². The molecule has 0 bridgehead atoms. The van der Waals surface area contributed by atoms with Crippen LogP contribution in [0.2, 0.25) is 0 Å². The summed E-state index contributed by atoms with van der Waals surface area (Å²) in [6, 6.07) is 12.2. The first-order chi connectivity index (χ1) is 12.6. The van der Waals surface area contributed by atoms with Crippen LogP contribution < -0.4 is 9.47 Å². The van der Waals surface area contributed by atoms with Crippen molar-refractivity contribution in [3.63, 3.8) is 0 Å². The number of benzene rings is 3. The number of rotatable bonds is 1. The third-order valence-electron chi connectivity index (χ3n) is 5.61. The van der Waals surface area contributed by atoms with Gasteiger partial charge in [0.2, 0.25) is 0 Å². The molecule has 1 spiro atoms. The quantitative estimate of drug-likeness (QED) is 0.623. The van der Waals surface area contributed by atoms with E-state index in [0.29, 0.717) is 40.9 Å². The summed E-state index contributed by atoms with van der Waals surface area (Å²) < 4.78 is 11.9. The summed E-state index contributed by atoms with van der Waals surface area (Å²) in [4.78, 5) is 0. The Labute approximate surface area is 150 Å². The molecular weight excluding hydrogens is 332 g/mol. The molecule has 5 rings (SSSR count). The van der Waals surface area contributed by atoms with E-state index in [2.05, 4.69) is 0 Å². The highest BCUT2D eigenvalue weighted by Crippen LogP contribution is 2.58. The molecule has 0 fully saturated rings. The average molecular weight is 350 g/mol. The van der Waals surface area contributed by atoms with Gasteiger partial charge in [-0.25, -0.2) is 0 Å². The molecular formula is C21H18O5. The van der Waals surface area contributed by atoms with Crippen LogP contribution in [0.15, 0.2) is 42.5 Å². The lowest BCUT2D eigenvalue weighted by molar-refractivity contribution is 0.0562. The largest absolute Gasteiger partial charge is 0.507 e. The summed E-state index contributed by atoms with van der Waals surface area (Å²) in [5.74, 6) is 1.42. The molecule has 0 radical (unpaired) electrons. The second-order valence-electron chi connectivity index (χ2n) is 6.87. The summed E-state index contributed by atoms with van der Waals surface area (Å²) in [5, 5.41) is 32.9. The van der Waals surface area contributed by atoms with Crippen LogP contribution >= 0.6 is 0 Å². The minimum absolute atomic E-state index is 0.0993. The van der Waals surface area contributed by atoms with Crippen molar-refractivity contribution >= 4 is 10.8 Å². The fraction of sp³-hybridized carbons (Fsp3) is 0.238. The van der Waals surface area contributed by atoms with Gasteiger partial charge in [0.15, 0.2) is 5.60 Å². The Hall–Kier alpha value is -2.92. The average Bonchev–Trinajstić information content (AvgIpc) is 2.96. The number of methoxy groups -OCH3 is 1. The van der Waals surface area contributed by atoms with E-state index in [9.17, 15) is 15.3 Å². The highest BCUT2D eigenvalue weighted by Gasteiger charge is 2.50. The molecule has 0 aromatic heterocycles. The van der Waals surface area contributed by atoms with Gasteiger partial charge in [0.25, 0.3) is 0 Å². The second kappa shape index (κ2) is 5.05. The van der Waals surface area contributed by atoms with E-state index >= 15 is 0 Å². The van der Waals surface area contributed by atoms with Crippen molar-refractivity contribution in [2.75, 3.05) is 7.11 Å². The van der Waals surface area contributed by atoms with Gasteiger partial charge < -0.3 is 24.8 Å². The van der Waals surface area contributed by atoms with Crippen LogP contribution in [0, 0.1) is 0 Å². The number of hydrogen-bond donors (Lipinski definition) is 3. The molecule has 0 saturated heterocycles. The zero-order chi connectivity index (χ0) is 18.1. The maximum Gasteiger partial charge on any atom is 0.164 e. The lowest BCUT2D eigenvalue weighted by atomic mass is 9.73. The van der Waals surface area contributed by atoms with E-state index < -0.39 is 11.7 Å². The van der Waals surface area contributed by atoms with E-state index in [1.165, 1.54) is 0 Å². The van der Waals surface area contributed by atoms with Gasteiger partial charge in [-0.2, -0.15) is 0 Å². The number of aliphatic hydroxyl groups is 1. The van der Waals surface area contributed by atoms with Crippen LogP contribution in [0.4, 0.5) is 0 Å². The lowest BCUT2D eigenvalue weighted by Gasteiger charge is -2.38. The second-order valence-corrected chi connectivity index (χ2v) is 6.87. The van der Waals surface area contributed by atoms with Crippen LogP contribution in [-0.2, 0) is 5.60 Å². The standard InChI is InChI=1S/C21H18O5/c1-25-16-7-5-12-18-17(8-6-14(23)19(16)18)26-21(12)10-9-13(22)11-3-2-4-15(24)20(11)21/h2-8,13,22-24H,9-10H2,1H3/t13-,21+/m1/s1. The van der Waals surface area contributed by atoms with Gasteiger partial charge in [-0.05, 0) is 42.7 Å².